The standard InChI is InChI=1S/C46H27N3/c47-28-29-14-24-43-39(26-29)40-27-33(19-25-44(40)49(43)34-10-5-2-6-11-34)35-20-15-31-18-23-38-36(21-16-32-17-22-37(35)45(31)46(32)38)42-13-7-12-41(48-42)30-8-3-1-4-9-30/h1-27H. The van der Waals surface area contributed by atoms with Gasteiger partial charge in [0, 0.05) is 27.6 Å². The van der Waals surface area contributed by atoms with E-state index in [0.717, 1.165) is 55.6 Å². The number of hydrogen-bond acceptors (Lipinski definition) is 2. The SMILES string of the molecule is N#Cc1ccc2c(c1)c1cc(-c3ccc4ccc5c(-c6cccc(-c7ccccc7)n6)ccc6ccc3c4c65)ccc1n2-c1ccccc1. The first kappa shape index (κ1) is 27.4. The van der Waals surface area contributed by atoms with Crippen molar-refractivity contribution in [1.82, 2.24) is 9.55 Å². The number of hydrogen-bond donors (Lipinski definition) is 0. The number of para-hydroxylation sites is 1. The van der Waals surface area contributed by atoms with E-state index >= 15 is 0 Å². The first-order valence-electron chi connectivity index (χ1n) is 16.5. The van der Waals surface area contributed by atoms with E-state index in [9.17, 15) is 5.26 Å². The Morgan fingerprint density at radius 2 is 1.06 bits per heavy atom. The second kappa shape index (κ2) is 10.6. The molecule has 0 radical (unpaired) electrons. The predicted molar refractivity (Wildman–Crippen MR) is 203 cm³/mol. The van der Waals surface area contributed by atoms with E-state index in [1.54, 1.807) is 0 Å². The Bertz CT molecular complexity index is 2930. The molecule has 2 heterocycles. The number of benzene rings is 8. The van der Waals surface area contributed by atoms with Crippen LogP contribution in [0.4, 0.5) is 0 Å². The average molecular weight is 622 g/mol. The molecule has 8 aromatic carbocycles. The van der Waals surface area contributed by atoms with Crippen LogP contribution >= 0.6 is 0 Å². The second-order valence-electron chi connectivity index (χ2n) is 12.7. The van der Waals surface area contributed by atoms with Crippen molar-refractivity contribution in [3.63, 3.8) is 0 Å². The number of fused-ring (bicyclic) bond motifs is 3. The molecule has 0 spiro atoms. The van der Waals surface area contributed by atoms with E-state index in [1.165, 1.54) is 37.9 Å². The van der Waals surface area contributed by atoms with Gasteiger partial charge in [0.05, 0.1) is 34.1 Å². The van der Waals surface area contributed by atoms with Crippen LogP contribution < -0.4 is 0 Å². The lowest BCUT2D eigenvalue weighted by Gasteiger charge is -2.16. The highest BCUT2D eigenvalue weighted by Crippen LogP contribution is 2.43. The molecule has 0 saturated heterocycles. The molecular weight excluding hydrogens is 595 g/mol. The van der Waals surface area contributed by atoms with Gasteiger partial charge in [0.2, 0.25) is 0 Å². The van der Waals surface area contributed by atoms with Crippen LogP contribution in [0, 0.1) is 11.3 Å². The molecule has 226 valence electrons. The lowest BCUT2D eigenvalue weighted by Crippen LogP contribution is -1.93. The summed E-state index contributed by atoms with van der Waals surface area (Å²) in [7, 11) is 0. The lowest BCUT2D eigenvalue weighted by molar-refractivity contribution is 1.18. The van der Waals surface area contributed by atoms with Gasteiger partial charge in [0.1, 0.15) is 0 Å². The number of nitriles is 1. The summed E-state index contributed by atoms with van der Waals surface area (Å²) in [6, 6.07) is 60.2. The minimum Gasteiger partial charge on any atom is -0.309 e. The van der Waals surface area contributed by atoms with Crippen LogP contribution in [-0.2, 0) is 0 Å². The van der Waals surface area contributed by atoms with E-state index < -0.39 is 0 Å². The highest BCUT2D eigenvalue weighted by Gasteiger charge is 2.18. The van der Waals surface area contributed by atoms with Crippen LogP contribution in [0.3, 0.4) is 0 Å². The minimum atomic E-state index is 0.660. The van der Waals surface area contributed by atoms with Crippen molar-refractivity contribution < 1.29 is 0 Å². The van der Waals surface area contributed by atoms with Crippen molar-refractivity contribution in [2.45, 2.75) is 0 Å². The zero-order valence-corrected chi connectivity index (χ0v) is 26.4. The van der Waals surface area contributed by atoms with Gasteiger partial charge in [0.15, 0.2) is 0 Å². The van der Waals surface area contributed by atoms with Crippen molar-refractivity contribution >= 4 is 54.1 Å². The Kier molecular flexibility index (Phi) is 5.94. The Morgan fingerprint density at radius 3 is 1.80 bits per heavy atom. The minimum absolute atomic E-state index is 0.660. The van der Waals surface area contributed by atoms with Crippen molar-refractivity contribution in [1.29, 1.82) is 5.26 Å². The quantitative estimate of drug-likeness (QED) is 0.184. The van der Waals surface area contributed by atoms with Crippen LogP contribution in [0.1, 0.15) is 5.56 Å². The summed E-state index contributed by atoms with van der Waals surface area (Å²) >= 11 is 0. The summed E-state index contributed by atoms with van der Waals surface area (Å²) in [6.45, 7) is 0. The molecule has 2 aromatic heterocycles. The summed E-state index contributed by atoms with van der Waals surface area (Å²) in [5, 5.41) is 19.4. The molecule has 49 heavy (non-hydrogen) atoms. The lowest BCUT2D eigenvalue weighted by atomic mass is 9.87. The van der Waals surface area contributed by atoms with Gasteiger partial charge >= 0.3 is 0 Å². The number of aromatic nitrogens is 2. The molecule has 0 N–H and O–H groups in total. The van der Waals surface area contributed by atoms with Gasteiger partial charge in [-0.05, 0) is 98.0 Å². The molecule has 0 saturated carbocycles. The van der Waals surface area contributed by atoms with Crippen LogP contribution in [0.25, 0.3) is 93.5 Å². The maximum absolute atomic E-state index is 9.78. The van der Waals surface area contributed by atoms with Crippen LogP contribution in [0.15, 0.2) is 164 Å². The third-order valence-corrected chi connectivity index (χ3v) is 9.98. The summed E-state index contributed by atoms with van der Waals surface area (Å²) in [5.41, 5.74) is 10.5. The van der Waals surface area contributed by atoms with Crippen molar-refractivity contribution in [2.24, 2.45) is 0 Å². The molecule has 10 aromatic rings. The Hall–Kier alpha value is -6.76. The molecule has 0 atom stereocenters. The Balaban J connectivity index is 1.19. The highest BCUT2D eigenvalue weighted by molar-refractivity contribution is 6.27. The van der Waals surface area contributed by atoms with Crippen LogP contribution in [-0.4, -0.2) is 9.55 Å². The van der Waals surface area contributed by atoms with Gasteiger partial charge < -0.3 is 4.57 Å². The van der Waals surface area contributed by atoms with Gasteiger partial charge in [-0.2, -0.15) is 5.26 Å². The van der Waals surface area contributed by atoms with Gasteiger partial charge in [-0.15, -0.1) is 0 Å². The molecular formula is C46H27N3. The molecule has 0 aliphatic heterocycles. The fraction of sp³-hybridized carbons (Fsp3) is 0. The fourth-order valence-electron chi connectivity index (χ4n) is 7.75. The van der Waals surface area contributed by atoms with Crippen molar-refractivity contribution in [3.05, 3.63) is 169 Å². The third kappa shape index (κ3) is 4.18. The van der Waals surface area contributed by atoms with E-state index in [2.05, 4.69) is 150 Å². The summed E-state index contributed by atoms with van der Waals surface area (Å²) in [5.74, 6) is 0. The summed E-state index contributed by atoms with van der Waals surface area (Å²) in [4.78, 5) is 5.13. The highest BCUT2D eigenvalue weighted by atomic mass is 15.0. The first-order valence-corrected chi connectivity index (χ1v) is 16.5. The zero-order chi connectivity index (χ0) is 32.5. The van der Waals surface area contributed by atoms with E-state index in [4.69, 9.17) is 4.98 Å². The van der Waals surface area contributed by atoms with Gasteiger partial charge in [0.25, 0.3) is 0 Å². The monoisotopic (exact) mass is 621 g/mol. The number of rotatable bonds is 4. The largest absolute Gasteiger partial charge is 0.309 e. The third-order valence-electron chi connectivity index (χ3n) is 9.98. The zero-order valence-electron chi connectivity index (χ0n) is 26.4. The maximum atomic E-state index is 9.78. The molecule has 0 unspecified atom stereocenters. The molecule has 0 aliphatic carbocycles. The molecule has 3 heteroatoms. The smallest absolute Gasteiger partial charge is 0.0991 e. The summed E-state index contributed by atoms with van der Waals surface area (Å²) < 4.78 is 2.29. The van der Waals surface area contributed by atoms with Crippen molar-refractivity contribution in [3.8, 4) is 45.4 Å². The van der Waals surface area contributed by atoms with E-state index in [-0.39, 0.29) is 0 Å². The normalized spacial score (nSPS) is 11.7. The van der Waals surface area contributed by atoms with Gasteiger partial charge in [-0.1, -0.05) is 109 Å². The molecule has 0 aliphatic rings. The topological polar surface area (TPSA) is 41.6 Å². The molecule has 3 nitrogen and oxygen atoms in total. The molecule has 10 rings (SSSR count). The summed E-state index contributed by atoms with van der Waals surface area (Å²) in [6.07, 6.45) is 0. The maximum Gasteiger partial charge on any atom is 0.0991 e. The van der Waals surface area contributed by atoms with E-state index in [1.807, 2.05) is 24.3 Å². The second-order valence-corrected chi connectivity index (χ2v) is 12.7. The molecule has 0 amide bonds. The average Bonchev–Trinajstić information content (AvgIpc) is 3.50. The van der Waals surface area contributed by atoms with Crippen molar-refractivity contribution in [2.75, 3.05) is 0 Å². The van der Waals surface area contributed by atoms with Crippen LogP contribution in [0.2, 0.25) is 0 Å². The number of pyridine rings is 1. The van der Waals surface area contributed by atoms with Crippen LogP contribution in [0.5, 0.6) is 0 Å². The molecule has 0 bridgehead atoms. The first-order chi connectivity index (χ1) is 24.2. The predicted octanol–water partition coefficient (Wildman–Crippen LogP) is 11.9. The Morgan fingerprint density at radius 1 is 0.449 bits per heavy atom. The Labute approximate surface area is 282 Å². The van der Waals surface area contributed by atoms with Gasteiger partial charge in [-0.25, -0.2) is 4.98 Å². The number of nitrogens with zero attached hydrogens (tertiary/aromatic N) is 3. The molecule has 0 fully saturated rings. The van der Waals surface area contributed by atoms with Gasteiger partial charge in [-0.3, -0.25) is 0 Å². The fourth-order valence-corrected chi connectivity index (χ4v) is 7.75. The van der Waals surface area contributed by atoms with E-state index in [0.29, 0.717) is 5.56 Å².